The third-order valence-corrected chi connectivity index (χ3v) is 3.76. The van der Waals surface area contributed by atoms with E-state index < -0.39 is 22.5 Å². The fourth-order valence-corrected chi connectivity index (χ4v) is 2.38. The molecule has 0 aliphatic carbocycles. The van der Waals surface area contributed by atoms with E-state index in [-0.39, 0.29) is 16.8 Å². The number of benzene rings is 1. The van der Waals surface area contributed by atoms with Gasteiger partial charge in [0.05, 0.1) is 11.0 Å². The van der Waals surface area contributed by atoms with Crippen molar-refractivity contribution in [1.29, 1.82) is 0 Å². The van der Waals surface area contributed by atoms with Gasteiger partial charge in [-0.05, 0) is 32.9 Å². The second-order valence-electron chi connectivity index (χ2n) is 4.44. The Morgan fingerprint density at radius 2 is 1.75 bits per heavy atom. The molecule has 0 radical (unpaired) electrons. The largest absolute Gasteiger partial charge is 0.462 e. The maximum absolute atomic E-state index is 11.9. The van der Waals surface area contributed by atoms with Crippen LogP contribution < -0.4 is 4.72 Å². The van der Waals surface area contributed by atoms with E-state index in [0.29, 0.717) is 5.56 Å². The molecule has 0 unspecified atom stereocenters. The predicted octanol–water partition coefficient (Wildman–Crippen LogP) is 1.12. The first-order valence-corrected chi connectivity index (χ1v) is 7.51. The lowest BCUT2D eigenvalue weighted by atomic mass is 10.2. The quantitative estimate of drug-likeness (QED) is 0.628. The lowest BCUT2D eigenvalue weighted by molar-refractivity contribution is -0.145. The molecular formula is C13H17NO5S. The smallest absolute Gasteiger partial charge is 0.321 e. The van der Waals surface area contributed by atoms with Crippen molar-refractivity contribution in [3.8, 4) is 0 Å². The van der Waals surface area contributed by atoms with Gasteiger partial charge in [-0.25, -0.2) is 8.42 Å². The molecule has 20 heavy (non-hydrogen) atoms. The van der Waals surface area contributed by atoms with Crippen LogP contribution in [0.5, 0.6) is 0 Å². The van der Waals surface area contributed by atoms with Crippen LogP contribution in [-0.2, 0) is 19.6 Å². The molecule has 1 N–H and O–H groups in total. The normalized spacial score (nSPS) is 11.4. The summed E-state index contributed by atoms with van der Waals surface area (Å²) in [5.41, 5.74) is 0.420. The summed E-state index contributed by atoms with van der Waals surface area (Å²) in [6.45, 7) is 4.30. The van der Waals surface area contributed by atoms with Crippen LogP contribution in [0.1, 0.15) is 31.1 Å². The molecule has 0 fully saturated rings. The molecular weight excluding hydrogens is 282 g/mol. The Morgan fingerprint density at radius 1 is 1.20 bits per heavy atom. The number of sulfonamides is 1. The van der Waals surface area contributed by atoms with Crippen LogP contribution in [-0.4, -0.2) is 32.8 Å². The number of ether oxygens (including phenoxy) is 1. The van der Waals surface area contributed by atoms with Gasteiger partial charge < -0.3 is 4.74 Å². The highest BCUT2D eigenvalue weighted by Gasteiger charge is 2.16. The van der Waals surface area contributed by atoms with Gasteiger partial charge in [0.15, 0.2) is 5.78 Å². The monoisotopic (exact) mass is 299 g/mol. The second kappa shape index (κ2) is 6.62. The summed E-state index contributed by atoms with van der Waals surface area (Å²) in [6, 6.07) is 5.46. The van der Waals surface area contributed by atoms with Gasteiger partial charge >= 0.3 is 5.97 Å². The van der Waals surface area contributed by atoms with Crippen molar-refractivity contribution in [2.75, 3.05) is 6.54 Å². The first kappa shape index (κ1) is 16.3. The van der Waals surface area contributed by atoms with Crippen LogP contribution in [0.3, 0.4) is 0 Å². The number of nitrogens with one attached hydrogen (secondary N) is 1. The molecule has 0 aliphatic heterocycles. The SMILES string of the molecule is CC(=O)c1ccc(S(=O)(=O)NCC(=O)OC(C)C)cc1. The van der Waals surface area contributed by atoms with E-state index in [2.05, 4.69) is 4.72 Å². The van der Waals surface area contributed by atoms with Crippen LogP contribution in [0, 0.1) is 0 Å². The minimum absolute atomic E-state index is 0.0140. The van der Waals surface area contributed by atoms with E-state index >= 15 is 0 Å². The van der Waals surface area contributed by atoms with Crippen molar-refractivity contribution in [2.24, 2.45) is 0 Å². The lowest BCUT2D eigenvalue weighted by Crippen LogP contribution is -2.31. The van der Waals surface area contributed by atoms with Gasteiger partial charge in [0, 0.05) is 5.56 Å². The first-order valence-electron chi connectivity index (χ1n) is 6.02. The molecule has 0 aliphatic rings. The first-order chi connectivity index (χ1) is 9.22. The number of carbonyl (C=O) groups is 2. The van der Waals surface area contributed by atoms with Gasteiger partial charge in [-0.2, -0.15) is 4.72 Å². The van der Waals surface area contributed by atoms with E-state index in [1.54, 1.807) is 13.8 Å². The maximum Gasteiger partial charge on any atom is 0.321 e. The molecule has 0 heterocycles. The number of carbonyl (C=O) groups excluding carboxylic acids is 2. The number of hydrogen-bond donors (Lipinski definition) is 1. The number of hydrogen-bond acceptors (Lipinski definition) is 5. The van der Waals surface area contributed by atoms with Crippen LogP contribution in [0.15, 0.2) is 29.2 Å². The molecule has 0 spiro atoms. The third-order valence-electron chi connectivity index (χ3n) is 2.34. The van der Waals surface area contributed by atoms with Gasteiger partial charge in [-0.1, -0.05) is 12.1 Å². The highest BCUT2D eigenvalue weighted by atomic mass is 32.2. The van der Waals surface area contributed by atoms with Gasteiger partial charge in [0.25, 0.3) is 0 Å². The molecule has 0 saturated carbocycles. The molecule has 6 nitrogen and oxygen atoms in total. The van der Waals surface area contributed by atoms with Crippen molar-refractivity contribution in [3.05, 3.63) is 29.8 Å². The Labute approximate surface area is 118 Å². The fourth-order valence-electron chi connectivity index (χ4n) is 1.41. The Bertz CT molecular complexity index is 590. The van der Waals surface area contributed by atoms with E-state index in [1.165, 1.54) is 31.2 Å². The van der Waals surface area contributed by atoms with Gasteiger partial charge in [-0.15, -0.1) is 0 Å². The number of esters is 1. The molecule has 0 amide bonds. The van der Waals surface area contributed by atoms with Crippen molar-refractivity contribution >= 4 is 21.8 Å². The molecule has 0 aromatic heterocycles. The third kappa shape index (κ3) is 4.75. The van der Waals surface area contributed by atoms with Crippen molar-refractivity contribution in [3.63, 3.8) is 0 Å². The summed E-state index contributed by atoms with van der Waals surface area (Å²) in [5, 5.41) is 0. The Morgan fingerprint density at radius 3 is 2.20 bits per heavy atom. The zero-order chi connectivity index (χ0) is 15.3. The summed E-state index contributed by atoms with van der Waals surface area (Å²) < 4.78 is 30.8. The highest BCUT2D eigenvalue weighted by Crippen LogP contribution is 2.10. The molecule has 7 heteroatoms. The number of Topliss-reactive ketones (excluding diaryl/α,β-unsaturated/α-hetero) is 1. The second-order valence-corrected chi connectivity index (χ2v) is 6.21. The molecule has 1 aromatic carbocycles. The van der Waals surface area contributed by atoms with E-state index in [1.807, 2.05) is 0 Å². The van der Waals surface area contributed by atoms with Gasteiger partial charge in [-0.3, -0.25) is 9.59 Å². The van der Waals surface area contributed by atoms with E-state index in [9.17, 15) is 18.0 Å². The average molecular weight is 299 g/mol. The van der Waals surface area contributed by atoms with Crippen molar-refractivity contribution in [1.82, 2.24) is 4.72 Å². The Kier molecular flexibility index (Phi) is 5.41. The minimum Gasteiger partial charge on any atom is -0.462 e. The van der Waals surface area contributed by atoms with Crippen LogP contribution >= 0.6 is 0 Å². The summed E-state index contributed by atoms with van der Waals surface area (Å²) in [5.74, 6) is -0.800. The van der Waals surface area contributed by atoms with E-state index in [4.69, 9.17) is 4.74 Å². The molecule has 0 saturated heterocycles. The van der Waals surface area contributed by atoms with Gasteiger partial charge in [0.2, 0.25) is 10.0 Å². The Balaban J connectivity index is 2.74. The summed E-state index contributed by atoms with van der Waals surface area (Å²) in [7, 11) is -3.80. The molecule has 110 valence electrons. The topological polar surface area (TPSA) is 89.5 Å². The number of ketones is 1. The molecule has 1 rings (SSSR count). The molecule has 0 atom stereocenters. The highest BCUT2D eigenvalue weighted by molar-refractivity contribution is 7.89. The maximum atomic E-state index is 11.9. The zero-order valence-corrected chi connectivity index (χ0v) is 12.4. The van der Waals surface area contributed by atoms with Crippen LogP contribution in [0.2, 0.25) is 0 Å². The molecule has 1 aromatic rings. The molecule has 0 bridgehead atoms. The lowest BCUT2D eigenvalue weighted by Gasteiger charge is -2.09. The standard InChI is InChI=1S/C13H17NO5S/c1-9(2)19-13(16)8-14-20(17,18)12-6-4-11(5-7-12)10(3)15/h4-7,9,14H,8H2,1-3H3. The summed E-state index contributed by atoms with van der Waals surface area (Å²) in [6.07, 6.45) is -0.304. The van der Waals surface area contributed by atoms with Crippen molar-refractivity contribution in [2.45, 2.75) is 31.8 Å². The van der Waals surface area contributed by atoms with Gasteiger partial charge in [0.1, 0.15) is 6.54 Å². The number of rotatable bonds is 6. The Hall–Kier alpha value is -1.73. The summed E-state index contributed by atoms with van der Waals surface area (Å²) >= 11 is 0. The average Bonchev–Trinajstić information content (AvgIpc) is 2.36. The van der Waals surface area contributed by atoms with Crippen LogP contribution in [0.25, 0.3) is 0 Å². The zero-order valence-electron chi connectivity index (χ0n) is 11.5. The van der Waals surface area contributed by atoms with Crippen LogP contribution in [0.4, 0.5) is 0 Å². The minimum atomic E-state index is -3.80. The van der Waals surface area contributed by atoms with E-state index in [0.717, 1.165) is 0 Å². The predicted molar refractivity (Wildman–Crippen MR) is 72.9 cm³/mol. The fraction of sp³-hybridized carbons (Fsp3) is 0.385. The summed E-state index contributed by atoms with van der Waals surface area (Å²) in [4.78, 5) is 22.4. The van der Waals surface area contributed by atoms with Crippen molar-refractivity contribution < 1.29 is 22.7 Å².